The molecule has 3 aliphatic rings. The van der Waals surface area contributed by atoms with Crippen LogP contribution in [0.2, 0.25) is 0 Å². The smallest absolute Gasteiger partial charge is 0.0450 e. The molecule has 0 saturated carbocycles. The molecule has 1 saturated heterocycles. The molecule has 202 valence electrons. The van der Waals surface area contributed by atoms with Gasteiger partial charge in [-0.3, -0.25) is 4.90 Å². The van der Waals surface area contributed by atoms with Crippen molar-refractivity contribution in [3.05, 3.63) is 137 Å². The summed E-state index contributed by atoms with van der Waals surface area (Å²) in [4.78, 5) is 7.66. The molecule has 3 nitrogen and oxygen atoms in total. The molecule has 2 heterocycles. The van der Waals surface area contributed by atoms with E-state index in [4.69, 9.17) is 0 Å². The highest BCUT2D eigenvalue weighted by Gasteiger charge is 2.23. The summed E-state index contributed by atoms with van der Waals surface area (Å²) in [6.45, 7) is 12.8. The minimum absolute atomic E-state index is 0.877. The summed E-state index contributed by atoms with van der Waals surface area (Å²) < 4.78 is 0. The number of hydrogen-bond acceptors (Lipinski definition) is 3. The van der Waals surface area contributed by atoms with Gasteiger partial charge in [0.15, 0.2) is 0 Å². The molecule has 0 atom stereocenters. The molecule has 0 spiro atoms. The van der Waals surface area contributed by atoms with Crippen LogP contribution in [0.5, 0.6) is 0 Å². The zero-order valence-corrected chi connectivity index (χ0v) is 23.6. The highest BCUT2D eigenvalue weighted by atomic mass is 15.2. The first kappa shape index (κ1) is 27.0. The van der Waals surface area contributed by atoms with Gasteiger partial charge in [0.2, 0.25) is 0 Å². The summed E-state index contributed by atoms with van der Waals surface area (Å²) in [6, 6.07) is 20.2. The van der Waals surface area contributed by atoms with Gasteiger partial charge >= 0.3 is 0 Å². The highest BCUT2D eigenvalue weighted by molar-refractivity contribution is 5.50. The number of allylic oxidation sites excluding steroid dienone is 9. The largest absolute Gasteiger partial charge is 0.372 e. The van der Waals surface area contributed by atoms with Crippen molar-refractivity contribution in [1.29, 1.82) is 0 Å². The fourth-order valence-corrected chi connectivity index (χ4v) is 5.77. The zero-order valence-electron chi connectivity index (χ0n) is 23.6. The number of anilines is 1. The Morgan fingerprint density at radius 1 is 0.821 bits per heavy atom. The van der Waals surface area contributed by atoms with E-state index >= 15 is 0 Å². The number of benzene rings is 2. The maximum atomic E-state index is 4.40. The summed E-state index contributed by atoms with van der Waals surface area (Å²) in [7, 11) is 0. The van der Waals surface area contributed by atoms with Crippen molar-refractivity contribution in [2.45, 2.75) is 52.1 Å². The lowest BCUT2D eigenvalue weighted by Gasteiger charge is -2.37. The summed E-state index contributed by atoms with van der Waals surface area (Å²) in [5.74, 6) is 0. The molecule has 2 aliphatic heterocycles. The van der Waals surface area contributed by atoms with E-state index in [-0.39, 0.29) is 0 Å². The second-order valence-electron chi connectivity index (χ2n) is 10.9. The molecular weight excluding hydrogens is 474 g/mol. The Hall–Kier alpha value is -3.56. The van der Waals surface area contributed by atoms with E-state index in [1.54, 1.807) is 0 Å². The summed E-state index contributed by atoms with van der Waals surface area (Å²) in [6.07, 6.45) is 21.4. The van der Waals surface area contributed by atoms with E-state index in [1.165, 1.54) is 66.1 Å². The van der Waals surface area contributed by atoms with E-state index in [2.05, 4.69) is 125 Å². The van der Waals surface area contributed by atoms with Gasteiger partial charge in [-0.15, -0.1) is 0 Å². The Morgan fingerprint density at radius 3 is 2.31 bits per heavy atom. The third-order valence-corrected chi connectivity index (χ3v) is 7.82. The molecule has 0 N–H and O–H groups in total. The van der Waals surface area contributed by atoms with Crippen molar-refractivity contribution in [3.63, 3.8) is 0 Å². The predicted molar refractivity (Wildman–Crippen MR) is 166 cm³/mol. The first-order chi connectivity index (χ1) is 19.2. The van der Waals surface area contributed by atoms with E-state index in [0.29, 0.717) is 0 Å². The van der Waals surface area contributed by atoms with Crippen LogP contribution in [-0.2, 0) is 13.1 Å². The van der Waals surface area contributed by atoms with E-state index in [9.17, 15) is 0 Å². The molecule has 1 aliphatic carbocycles. The van der Waals surface area contributed by atoms with Gasteiger partial charge in [0.25, 0.3) is 0 Å². The van der Waals surface area contributed by atoms with Gasteiger partial charge in [-0.2, -0.15) is 0 Å². The molecular formula is C36H43N3. The maximum absolute atomic E-state index is 4.40. The second kappa shape index (κ2) is 13.5. The number of rotatable bonds is 11. The Labute approximate surface area is 235 Å². The molecule has 0 bridgehead atoms. The molecule has 0 radical (unpaired) electrons. The van der Waals surface area contributed by atoms with Crippen LogP contribution in [0.1, 0.15) is 50.2 Å². The number of unbranched alkanes of at least 4 members (excludes halogenated alkanes) is 1. The molecule has 2 aromatic carbocycles. The van der Waals surface area contributed by atoms with Gasteiger partial charge < -0.3 is 9.80 Å². The molecule has 0 amide bonds. The van der Waals surface area contributed by atoms with Gasteiger partial charge in [-0.1, -0.05) is 92.8 Å². The molecule has 1 fully saturated rings. The second-order valence-corrected chi connectivity index (χ2v) is 10.9. The third kappa shape index (κ3) is 7.30. The Morgan fingerprint density at radius 2 is 1.56 bits per heavy atom. The fourth-order valence-electron chi connectivity index (χ4n) is 5.77. The SMILES string of the molecule is C=C1C=C(CN(Cc2ccccc2)Cc2ccc(N3CCCC3)cc2)N(CCCC)C(C2=CC=CC=CC2)=C1. The van der Waals surface area contributed by atoms with Gasteiger partial charge in [-0.25, -0.2) is 0 Å². The monoisotopic (exact) mass is 517 g/mol. The van der Waals surface area contributed by atoms with Gasteiger partial charge in [0, 0.05) is 56.4 Å². The number of nitrogens with zero attached hydrogens (tertiary/aromatic N) is 3. The Bertz CT molecular complexity index is 1250. The van der Waals surface area contributed by atoms with Crippen molar-refractivity contribution in [2.75, 3.05) is 31.1 Å². The van der Waals surface area contributed by atoms with Crippen LogP contribution in [0.15, 0.2) is 126 Å². The predicted octanol–water partition coefficient (Wildman–Crippen LogP) is 8.17. The lowest BCUT2D eigenvalue weighted by Crippen LogP contribution is -2.35. The van der Waals surface area contributed by atoms with Crippen LogP contribution in [0.4, 0.5) is 5.69 Å². The van der Waals surface area contributed by atoms with Crippen LogP contribution in [0.3, 0.4) is 0 Å². The first-order valence-corrected chi connectivity index (χ1v) is 14.7. The first-order valence-electron chi connectivity index (χ1n) is 14.7. The maximum Gasteiger partial charge on any atom is 0.0450 e. The lowest BCUT2D eigenvalue weighted by molar-refractivity contribution is 0.250. The highest BCUT2D eigenvalue weighted by Crippen LogP contribution is 2.32. The van der Waals surface area contributed by atoms with Crippen LogP contribution in [0, 0.1) is 0 Å². The van der Waals surface area contributed by atoms with Crippen molar-refractivity contribution in [1.82, 2.24) is 9.80 Å². The zero-order chi connectivity index (χ0) is 26.9. The molecule has 39 heavy (non-hydrogen) atoms. The van der Waals surface area contributed by atoms with Gasteiger partial charge in [-0.05, 0) is 72.2 Å². The van der Waals surface area contributed by atoms with Crippen molar-refractivity contribution < 1.29 is 0 Å². The van der Waals surface area contributed by atoms with Gasteiger partial charge in [0.1, 0.15) is 0 Å². The van der Waals surface area contributed by atoms with Crippen LogP contribution in [-0.4, -0.2) is 36.0 Å². The van der Waals surface area contributed by atoms with Crippen LogP contribution >= 0.6 is 0 Å². The average Bonchev–Trinajstić information content (AvgIpc) is 3.36. The molecule has 0 unspecified atom stereocenters. The average molecular weight is 518 g/mol. The van der Waals surface area contributed by atoms with Crippen molar-refractivity contribution in [3.8, 4) is 0 Å². The summed E-state index contributed by atoms with van der Waals surface area (Å²) >= 11 is 0. The van der Waals surface area contributed by atoms with Crippen LogP contribution < -0.4 is 4.90 Å². The molecule has 2 aromatic rings. The van der Waals surface area contributed by atoms with Crippen LogP contribution in [0.25, 0.3) is 0 Å². The van der Waals surface area contributed by atoms with E-state index in [1.807, 2.05) is 0 Å². The minimum atomic E-state index is 0.877. The van der Waals surface area contributed by atoms with Gasteiger partial charge in [0.05, 0.1) is 0 Å². The van der Waals surface area contributed by atoms with Crippen molar-refractivity contribution in [2.24, 2.45) is 0 Å². The minimum Gasteiger partial charge on any atom is -0.372 e. The quantitative estimate of drug-likeness (QED) is 0.298. The summed E-state index contributed by atoms with van der Waals surface area (Å²) in [5, 5.41) is 0. The molecule has 0 aromatic heterocycles. The molecule has 5 rings (SSSR count). The molecule has 3 heteroatoms. The normalized spacial score (nSPS) is 17.4. The standard InChI is InChI=1S/C36H43N3/c1-3-4-24-39-35(25-30(2)26-36(39)33-16-10-5-6-11-17-33)29-37(27-31-14-8-7-9-15-31)28-32-18-20-34(21-19-32)38-22-12-13-23-38/h5-11,14-16,18-21,25-26H,2-4,12-13,17,22-24,27-29H2,1H3. The van der Waals surface area contributed by atoms with E-state index < -0.39 is 0 Å². The Kier molecular flexibility index (Phi) is 9.34. The fraction of sp³-hybridized carbons (Fsp3) is 0.333. The van der Waals surface area contributed by atoms with Crippen molar-refractivity contribution >= 4 is 5.69 Å². The third-order valence-electron chi connectivity index (χ3n) is 7.82. The topological polar surface area (TPSA) is 9.72 Å². The van der Waals surface area contributed by atoms with E-state index in [0.717, 1.165) is 44.6 Å². The number of hydrogen-bond donors (Lipinski definition) is 0. The Balaban J connectivity index is 1.39. The summed E-state index contributed by atoms with van der Waals surface area (Å²) in [5.41, 5.74) is 9.15. The lowest BCUT2D eigenvalue weighted by atomic mass is 9.99.